The van der Waals surface area contributed by atoms with Gasteiger partial charge in [-0.1, -0.05) is 39.8 Å². The second-order valence-electron chi connectivity index (χ2n) is 5.66. The Balaban J connectivity index is 1.71. The zero-order valence-electron chi connectivity index (χ0n) is 14.6. The van der Waals surface area contributed by atoms with Crippen molar-refractivity contribution in [1.29, 1.82) is 0 Å². The van der Waals surface area contributed by atoms with E-state index in [9.17, 15) is 22.4 Å². The summed E-state index contributed by atoms with van der Waals surface area (Å²) in [5, 5.41) is 2.47. The number of amides is 1. The number of sulfone groups is 1. The molecule has 0 saturated heterocycles. The van der Waals surface area contributed by atoms with Crippen molar-refractivity contribution in [2.24, 2.45) is 0 Å². The Hall–Kier alpha value is -2.50. The maximum atomic E-state index is 13.5. The number of thioether (sulfide) groups is 1. The maximum Gasteiger partial charge on any atom is 0.270 e. The predicted molar refractivity (Wildman–Crippen MR) is 110 cm³/mol. The summed E-state index contributed by atoms with van der Waals surface area (Å²) in [5.74, 6) is -1.23. The van der Waals surface area contributed by atoms with E-state index in [0.717, 1.165) is 18.0 Å². The van der Waals surface area contributed by atoms with Crippen LogP contribution in [0.4, 0.5) is 10.1 Å². The van der Waals surface area contributed by atoms with Gasteiger partial charge in [-0.05, 0) is 36.4 Å². The Morgan fingerprint density at radius 1 is 1.17 bits per heavy atom. The molecule has 2 aromatic carbocycles. The molecule has 0 aliphatic heterocycles. The number of halogens is 2. The van der Waals surface area contributed by atoms with Crippen LogP contribution in [-0.4, -0.2) is 30.0 Å². The molecule has 7 nitrogen and oxygen atoms in total. The van der Waals surface area contributed by atoms with E-state index in [0.29, 0.717) is 4.47 Å². The molecule has 0 radical (unpaired) electrons. The number of carbonyl (C=O) groups is 1. The Kier molecular flexibility index (Phi) is 6.50. The van der Waals surface area contributed by atoms with Crippen molar-refractivity contribution in [3.05, 3.63) is 75.4 Å². The highest BCUT2D eigenvalue weighted by molar-refractivity contribution is 9.10. The molecule has 150 valence electrons. The van der Waals surface area contributed by atoms with Crippen LogP contribution in [0, 0.1) is 5.82 Å². The number of aromatic amines is 1. The standard InChI is InChI=1S/C18H13BrFN3O4S2/c19-11-5-7-12(8-6-11)29(26,27)15-9-21-18(23-17(15)25)28-10-16(24)22-14-4-2-1-3-13(14)20/h1-9H,10H2,(H,22,24)(H,21,23,25). The molecule has 0 atom stereocenters. The van der Waals surface area contributed by atoms with Crippen molar-refractivity contribution in [3.8, 4) is 0 Å². The van der Waals surface area contributed by atoms with Crippen LogP contribution in [0.5, 0.6) is 0 Å². The molecular weight excluding hydrogens is 485 g/mol. The number of rotatable bonds is 6. The van der Waals surface area contributed by atoms with Crippen LogP contribution in [0.2, 0.25) is 0 Å². The van der Waals surface area contributed by atoms with Crippen molar-refractivity contribution < 1.29 is 17.6 Å². The van der Waals surface area contributed by atoms with Crippen LogP contribution in [0.1, 0.15) is 0 Å². The second-order valence-corrected chi connectivity index (χ2v) is 9.45. The summed E-state index contributed by atoms with van der Waals surface area (Å²) in [6, 6.07) is 11.5. The average molecular weight is 498 g/mol. The van der Waals surface area contributed by atoms with Gasteiger partial charge in [0, 0.05) is 4.47 Å². The van der Waals surface area contributed by atoms with Gasteiger partial charge in [-0.3, -0.25) is 9.59 Å². The first kappa shape index (κ1) is 21.2. The quantitative estimate of drug-likeness (QED) is 0.399. The number of carbonyl (C=O) groups excluding carboxylic acids is 1. The van der Waals surface area contributed by atoms with E-state index in [1.807, 2.05) is 0 Å². The third-order valence-electron chi connectivity index (χ3n) is 3.64. The van der Waals surface area contributed by atoms with E-state index < -0.39 is 32.0 Å². The lowest BCUT2D eigenvalue weighted by Gasteiger charge is -2.07. The first-order valence-electron chi connectivity index (χ1n) is 8.04. The molecule has 1 heterocycles. The number of nitrogens with zero attached hydrogens (tertiary/aromatic N) is 1. The van der Waals surface area contributed by atoms with Gasteiger partial charge in [-0.15, -0.1) is 0 Å². The molecule has 0 fully saturated rings. The van der Waals surface area contributed by atoms with Crippen molar-refractivity contribution in [1.82, 2.24) is 9.97 Å². The summed E-state index contributed by atoms with van der Waals surface area (Å²) in [6.07, 6.45) is 0.952. The number of H-pyrrole nitrogens is 1. The summed E-state index contributed by atoms with van der Waals surface area (Å²) >= 11 is 4.10. The van der Waals surface area contributed by atoms with Gasteiger partial charge < -0.3 is 10.3 Å². The number of aromatic nitrogens is 2. The van der Waals surface area contributed by atoms with Crippen molar-refractivity contribution >= 4 is 49.1 Å². The summed E-state index contributed by atoms with van der Waals surface area (Å²) in [7, 11) is -4.04. The molecule has 3 aromatic rings. The molecule has 11 heteroatoms. The lowest BCUT2D eigenvalue weighted by molar-refractivity contribution is -0.113. The van der Waals surface area contributed by atoms with E-state index in [4.69, 9.17) is 0 Å². The van der Waals surface area contributed by atoms with Crippen LogP contribution < -0.4 is 10.9 Å². The lowest BCUT2D eigenvalue weighted by Crippen LogP contribution is -2.20. The minimum absolute atomic E-state index is 0.0375. The summed E-state index contributed by atoms with van der Waals surface area (Å²) < 4.78 is 39.4. The van der Waals surface area contributed by atoms with Gasteiger partial charge in [0.2, 0.25) is 15.7 Å². The summed E-state index contributed by atoms with van der Waals surface area (Å²) in [5.41, 5.74) is -0.810. The highest BCUT2D eigenvalue weighted by atomic mass is 79.9. The van der Waals surface area contributed by atoms with Crippen LogP contribution in [0.3, 0.4) is 0 Å². The SMILES string of the molecule is O=C(CSc1ncc(S(=O)(=O)c2ccc(Br)cc2)c(=O)[nH]1)Nc1ccccc1F. The van der Waals surface area contributed by atoms with E-state index >= 15 is 0 Å². The number of hydrogen-bond donors (Lipinski definition) is 2. The molecular formula is C18H13BrFN3O4S2. The molecule has 0 aliphatic carbocycles. The maximum absolute atomic E-state index is 13.5. The highest BCUT2D eigenvalue weighted by Crippen LogP contribution is 2.21. The van der Waals surface area contributed by atoms with Crippen molar-refractivity contribution in [2.75, 3.05) is 11.1 Å². The molecule has 1 aromatic heterocycles. The molecule has 2 N–H and O–H groups in total. The summed E-state index contributed by atoms with van der Waals surface area (Å²) in [6.45, 7) is 0. The first-order valence-corrected chi connectivity index (χ1v) is 11.3. The third-order valence-corrected chi connectivity index (χ3v) is 6.82. The minimum atomic E-state index is -4.04. The molecule has 29 heavy (non-hydrogen) atoms. The molecule has 3 rings (SSSR count). The minimum Gasteiger partial charge on any atom is -0.323 e. The Labute approximate surface area is 177 Å². The Morgan fingerprint density at radius 3 is 2.52 bits per heavy atom. The zero-order chi connectivity index (χ0) is 21.0. The number of nitrogens with one attached hydrogen (secondary N) is 2. The highest BCUT2D eigenvalue weighted by Gasteiger charge is 2.22. The van der Waals surface area contributed by atoms with Gasteiger partial charge in [0.15, 0.2) is 10.1 Å². The lowest BCUT2D eigenvalue weighted by atomic mass is 10.3. The number of hydrogen-bond acceptors (Lipinski definition) is 6. The van der Waals surface area contributed by atoms with Crippen LogP contribution in [-0.2, 0) is 14.6 Å². The van der Waals surface area contributed by atoms with Crippen molar-refractivity contribution in [3.63, 3.8) is 0 Å². The fourth-order valence-corrected chi connectivity index (χ4v) is 4.39. The van der Waals surface area contributed by atoms with Crippen LogP contribution in [0.25, 0.3) is 0 Å². The fraction of sp³-hybridized carbons (Fsp3) is 0.0556. The van der Waals surface area contributed by atoms with Gasteiger partial charge in [-0.2, -0.15) is 0 Å². The average Bonchev–Trinajstić information content (AvgIpc) is 2.68. The Morgan fingerprint density at radius 2 is 1.86 bits per heavy atom. The monoisotopic (exact) mass is 497 g/mol. The first-order chi connectivity index (χ1) is 13.8. The van der Waals surface area contributed by atoms with Gasteiger partial charge in [0.25, 0.3) is 5.56 Å². The topological polar surface area (TPSA) is 109 Å². The van der Waals surface area contributed by atoms with Crippen LogP contribution >= 0.6 is 27.7 Å². The number of benzene rings is 2. The third kappa shape index (κ3) is 5.11. The Bertz CT molecular complexity index is 1210. The van der Waals surface area contributed by atoms with Crippen LogP contribution in [0.15, 0.2) is 78.9 Å². The smallest absolute Gasteiger partial charge is 0.270 e. The zero-order valence-corrected chi connectivity index (χ0v) is 17.8. The molecule has 0 spiro atoms. The largest absolute Gasteiger partial charge is 0.323 e. The van der Waals surface area contributed by atoms with E-state index in [2.05, 4.69) is 31.2 Å². The molecule has 0 aliphatic rings. The summed E-state index contributed by atoms with van der Waals surface area (Å²) in [4.78, 5) is 29.9. The predicted octanol–water partition coefficient (Wildman–Crippen LogP) is 3.24. The van der Waals surface area contributed by atoms with E-state index in [1.165, 1.54) is 30.3 Å². The van der Waals surface area contributed by atoms with E-state index in [-0.39, 0.29) is 21.5 Å². The molecule has 0 bridgehead atoms. The van der Waals surface area contributed by atoms with Gasteiger partial charge in [0.1, 0.15) is 5.82 Å². The fourth-order valence-electron chi connectivity index (χ4n) is 2.26. The number of anilines is 1. The van der Waals surface area contributed by atoms with Crippen molar-refractivity contribution in [2.45, 2.75) is 14.9 Å². The molecule has 0 saturated carbocycles. The van der Waals surface area contributed by atoms with Gasteiger partial charge >= 0.3 is 0 Å². The normalized spacial score (nSPS) is 11.2. The van der Waals surface area contributed by atoms with Gasteiger partial charge in [0.05, 0.1) is 22.5 Å². The second kappa shape index (κ2) is 8.89. The van der Waals surface area contributed by atoms with E-state index in [1.54, 1.807) is 18.2 Å². The molecule has 0 unspecified atom stereocenters. The van der Waals surface area contributed by atoms with Gasteiger partial charge in [-0.25, -0.2) is 17.8 Å². The molecule has 1 amide bonds. The number of para-hydroxylation sites is 1.